The molecular weight excluding hydrogens is 314 g/mol. The Hall–Kier alpha value is -2.36. The molecule has 4 heteroatoms. The number of ether oxygens (including phenoxy) is 1. The number of benzene rings is 1. The monoisotopic (exact) mass is 339 g/mol. The maximum Gasteiger partial charge on any atom is 0.336 e. The van der Waals surface area contributed by atoms with Crippen LogP contribution in [0.15, 0.2) is 46.8 Å². The quantitative estimate of drug-likeness (QED) is 0.848. The van der Waals surface area contributed by atoms with E-state index in [2.05, 4.69) is 24.4 Å². The molecule has 0 bridgehead atoms. The van der Waals surface area contributed by atoms with E-state index < -0.39 is 0 Å². The fourth-order valence-corrected chi connectivity index (χ4v) is 3.74. The lowest BCUT2D eigenvalue weighted by Crippen LogP contribution is -2.34. The maximum absolute atomic E-state index is 12.7. The van der Waals surface area contributed by atoms with Gasteiger partial charge in [-0.1, -0.05) is 31.2 Å². The molecule has 1 aliphatic heterocycles. The smallest absolute Gasteiger partial charge is 0.336 e. The molecule has 1 heterocycles. The molecule has 1 aliphatic carbocycles. The normalized spacial score (nSPS) is 20.3. The summed E-state index contributed by atoms with van der Waals surface area (Å²) in [6.07, 6.45) is 3.20. The Kier molecular flexibility index (Phi) is 5.07. The van der Waals surface area contributed by atoms with Crippen molar-refractivity contribution in [1.29, 1.82) is 0 Å². The second-order valence-electron chi connectivity index (χ2n) is 6.58. The molecule has 1 aromatic carbocycles. The van der Waals surface area contributed by atoms with Gasteiger partial charge in [-0.2, -0.15) is 0 Å². The highest BCUT2D eigenvalue weighted by Gasteiger charge is 2.38. The average molecular weight is 339 g/mol. The Bertz CT molecular complexity index is 756. The predicted molar refractivity (Wildman–Crippen MR) is 96.9 cm³/mol. The van der Waals surface area contributed by atoms with Gasteiger partial charge < -0.3 is 10.1 Å². The third-order valence-electron chi connectivity index (χ3n) is 4.99. The summed E-state index contributed by atoms with van der Waals surface area (Å²) in [5.74, 6) is -0.552. The van der Waals surface area contributed by atoms with Crippen LogP contribution in [0.1, 0.15) is 57.1 Å². The topological polar surface area (TPSA) is 55.4 Å². The zero-order valence-corrected chi connectivity index (χ0v) is 15.1. The summed E-state index contributed by atoms with van der Waals surface area (Å²) in [7, 11) is 0. The van der Waals surface area contributed by atoms with Crippen LogP contribution in [0.5, 0.6) is 0 Å². The molecule has 132 valence electrons. The summed E-state index contributed by atoms with van der Waals surface area (Å²) in [6, 6.07) is 8.22. The summed E-state index contributed by atoms with van der Waals surface area (Å²) in [4.78, 5) is 25.3. The van der Waals surface area contributed by atoms with E-state index >= 15 is 0 Å². The SMILES string of the molecule is CCOC(=O)C1=C(C)NC2=C(C(=O)CCC2)C1c1ccc(CC)cc1. The van der Waals surface area contributed by atoms with Crippen molar-refractivity contribution < 1.29 is 14.3 Å². The second kappa shape index (κ2) is 7.26. The largest absolute Gasteiger partial charge is 0.463 e. The van der Waals surface area contributed by atoms with E-state index in [-0.39, 0.29) is 17.7 Å². The molecule has 0 saturated heterocycles. The highest BCUT2D eigenvalue weighted by atomic mass is 16.5. The minimum atomic E-state index is -0.345. The van der Waals surface area contributed by atoms with Crippen LogP contribution >= 0.6 is 0 Å². The summed E-state index contributed by atoms with van der Waals surface area (Å²) in [6.45, 7) is 6.12. The van der Waals surface area contributed by atoms with Gasteiger partial charge in [-0.3, -0.25) is 4.79 Å². The summed E-state index contributed by atoms with van der Waals surface area (Å²) in [5, 5.41) is 3.30. The molecule has 2 aliphatic rings. The zero-order chi connectivity index (χ0) is 18.0. The van der Waals surface area contributed by atoms with Crippen LogP contribution in [-0.4, -0.2) is 18.4 Å². The van der Waals surface area contributed by atoms with Crippen molar-refractivity contribution >= 4 is 11.8 Å². The van der Waals surface area contributed by atoms with Crippen LogP contribution in [0.4, 0.5) is 0 Å². The van der Waals surface area contributed by atoms with Crippen molar-refractivity contribution in [3.8, 4) is 0 Å². The first-order valence-corrected chi connectivity index (χ1v) is 9.06. The van der Waals surface area contributed by atoms with Gasteiger partial charge in [0.25, 0.3) is 0 Å². The number of allylic oxidation sites excluding steroid dienone is 3. The Labute approximate surface area is 149 Å². The number of dihydropyridines is 1. The molecule has 3 rings (SSSR count). The molecule has 0 saturated carbocycles. The molecule has 1 aromatic rings. The van der Waals surface area contributed by atoms with Crippen molar-refractivity contribution in [3.05, 3.63) is 57.9 Å². The molecule has 0 radical (unpaired) electrons. The summed E-state index contributed by atoms with van der Waals surface area (Å²) in [5.41, 5.74) is 5.26. The predicted octanol–water partition coefficient (Wildman–Crippen LogP) is 3.78. The number of esters is 1. The average Bonchev–Trinajstić information content (AvgIpc) is 2.61. The van der Waals surface area contributed by atoms with E-state index in [1.165, 1.54) is 5.56 Å². The molecule has 1 N–H and O–H groups in total. The van der Waals surface area contributed by atoms with Crippen molar-refractivity contribution in [1.82, 2.24) is 5.32 Å². The number of hydrogen-bond donors (Lipinski definition) is 1. The fourth-order valence-electron chi connectivity index (χ4n) is 3.74. The Morgan fingerprint density at radius 1 is 1.20 bits per heavy atom. The van der Waals surface area contributed by atoms with Crippen molar-refractivity contribution in [2.75, 3.05) is 6.61 Å². The van der Waals surface area contributed by atoms with Crippen LogP contribution in [0.25, 0.3) is 0 Å². The van der Waals surface area contributed by atoms with Crippen LogP contribution in [0, 0.1) is 0 Å². The van der Waals surface area contributed by atoms with Gasteiger partial charge in [0.1, 0.15) is 0 Å². The minimum Gasteiger partial charge on any atom is -0.463 e. The van der Waals surface area contributed by atoms with Gasteiger partial charge in [-0.25, -0.2) is 4.79 Å². The molecule has 4 nitrogen and oxygen atoms in total. The number of hydrogen-bond acceptors (Lipinski definition) is 4. The van der Waals surface area contributed by atoms with E-state index in [4.69, 9.17) is 4.74 Å². The lowest BCUT2D eigenvalue weighted by molar-refractivity contribution is -0.138. The molecule has 0 amide bonds. The molecule has 0 spiro atoms. The van der Waals surface area contributed by atoms with Crippen molar-refractivity contribution in [3.63, 3.8) is 0 Å². The third kappa shape index (κ3) is 3.26. The van der Waals surface area contributed by atoms with Gasteiger partial charge in [0.05, 0.1) is 12.2 Å². The van der Waals surface area contributed by atoms with Crippen LogP contribution in [0.3, 0.4) is 0 Å². The van der Waals surface area contributed by atoms with E-state index in [1.807, 2.05) is 19.1 Å². The number of carbonyl (C=O) groups excluding carboxylic acids is 2. The van der Waals surface area contributed by atoms with Gasteiger partial charge in [0.2, 0.25) is 0 Å². The van der Waals surface area contributed by atoms with Crippen molar-refractivity contribution in [2.45, 2.75) is 52.4 Å². The first-order valence-electron chi connectivity index (χ1n) is 9.06. The van der Waals surface area contributed by atoms with Gasteiger partial charge in [0.15, 0.2) is 5.78 Å². The summed E-state index contributed by atoms with van der Waals surface area (Å²) < 4.78 is 5.29. The van der Waals surface area contributed by atoms with Crippen LogP contribution < -0.4 is 5.32 Å². The Morgan fingerprint density at radius 3 is 2.56 bits per heavy atom. The molecule has 25 heavy (non-hydrogen) atoms. The first kappa shape index (κ1) is 17.5. The lowest BCUT2D eigenvalue weighted by atomic mass is 9.75. The third-order valence-corrected chi connectivity index (χ3v) is 4.99. The second-order valence-corrected chi connectivity index (χ2v) is 6.58. The van der Waals surface area contributed by atoms with E-state index in [0.717, 1.165) is 41.8 Å². The van der Waals surface area contributed by atoms with Gasteiger partial charge >= 0.3 is 5.97 Å². The fraction of sp³-hybridized carbons (Fsp3) is 0.429. The number of carbonyl (C=O) groups is 2. The van der Waals surface area contributed by atoms with E-state index in [1.54, 1.807) is 6.92 Å². The Balaban J connectivity index is 2.13. The number of nitrogens with one attached hydrogen (secondary N) is 1. The number of ketones is 1. The van der Waals surface area contributed by atoms with Gasteiger partial charge in [-0.15, -0.1) is 0 Å². The number of rotatable bonds is 4. The van der Waals surface area contributed by atoms with Crippen LogP contribution in [0.2, 0.25) is 0 Å². The van der Waals surface area contributed by atoms with Gasteiger partial charge in [0, 0.05) is 29.3 Å². The van der Waals surface area contributed by atoms with Crippen molar-refractivity contribution in [2.24, 2.45) is 0 Å². The zero-order valence-electron chi connectivity index (χ0n) is 15.1. The molecule has 0 fully saturated rings. The van der Waals surface area contributed by atoms with Crippen LogP contribution in [-0.2, 0) is 20.7 Å². The van der Waals surface area contributed by atoms with Gasteiger partial charge in [-0.05, 0) is 44.2 Å². The molecule has 0 aromatic heterocycles. The van der Waals surface area contributed by atoms with E-state index in [0.29, 0.717) is 18.6 Å². The molecule has 1 atom stereocenters. The van der Waals surface area contributed by atoms with E-state index in [9.17, 15) is 9.59 Å². The molecular formula is C21H25NO3. The number of Topliss-reactive ketones (excluding diaryl/α,β-unsaturated/α-hetero) is 1. The summed E-state index contributed by atoms with van der Waals surface area (Å²) >= 11 is 0. The standard InChI is InChI=1S/C21H25NO3/c1-4-14-9-11-15(12-10-14)19-18(21(24)25-5-2)13(3)22-16-7-6-8-17(23)20(16)19/h9-12,19,22H,4-8H2,1-3H3. The highest BCUT2D eigenvalue weighted by Crippen LogP contribution is 2.42. The highest BCUT2D eigenvalue weighted by molar-refractivity contribution is 6.03. The maximum atomic E-state index is 12.7. The first-order chi connectivity index (χ1) is 12.1. The number of aryl methyl sites for hydroxylation is 1. The minimum absolute atomic E-state index is 0.132. The lowest BCUT2D eigenvalue weighted by Gasteiger charge is -2.34. The Morgan fingerprint density at radius 2 is 1.92 bits per heavy atom. The molecule has 1 unspecified atom stereocenters.